The molecule has 0 aliphatic carbocycles. The number of carboxylic acids is 2. The molecule has 0 atom stereocenters. The summed E-state index contributed by atoms with van der Waals surface area (Å²) in [6.07, 6.45) is 3.28. The number of aliphatic carboxylic acids is 2. The first kappa shape index (κ1) is 18.9. The minimum atomic E-state index is -0.876. The van der Waals surface area contributed by atoms with Crippen LogP contribution in [0.3, 0.4) is 0 Å². The first-order valence-electron chi connectivity index (χ1n) is 7.33. The lowest BCUT2D eigenvalue weighted by Gasteiger charge is -1.93. The normalized spacial score (nSPS) is 11.2. The summed E-state index contributed by atoms with van der Waals surface area (Å²) in [6, 6.07) is 18.8. The van der Waals surface area contributed by atoms with E-state index in [1.165, 1.54) is 0 Å². The van der Waals surface area contributed by atoms with Gasteiger partial charge in [-0.1, -0.05) is 60.7 Å². The maximum absolute atomic E-state index is 10.4. The first-order chi connectivity index (χ1) is 11.4. The molecule has 0 amide bonds. The molecular formula is C20H20O4. The zero-order valence-electron chi connectivity index (χ0n) is 13.6. The van der Waals surface area contributed by atoms with Gasteiger partial charge in [0.05, 0.1) is 0 Å². The number of carboxylic acid groups (broad SMARTS) is 2. The Bertz CT molecular complexity index is 663. The van der Waals surface area contributed by atoms with Crippen molar-refractivity contribution in [2.75, 3.05) is 0 Å². The predicted octanol–water partition coefficient (Wildman–Crippen LogP) is 4.35. The Morgan fingerprint density at radius 2 is 0.958 bits per heavy atom. The monoisotopic (exact) mass is 324 g/mol. The Morgan fingerprint density at radius 1 is 0.667 bits per heavy atom. The molecule has 2 aromatic carbocycles. The highest BCUT2D eigenvalue weighted by molar-refractivity contribution is 5.91. The van der Waals surface area contributed by atoms with Crippen LogP contribution in [0.15, 0.2) is 71.8 Å². The largest absolute Gasteiger partial charge is 0.478 e. The number of hydrogen-bond donors (Lipinski definition) is 2. The molecule has 0 fully saturated rings. The van der Waals surface area contributed by atoms with E-state index >= 15 is 0 Å². The lowest BCUT2D eigenvalue weighted by molar-refractivity contribution is -0.133. The summed E-state index contributed by atoms with van der Waals surface area (Å²) in [5.41, 5.74) is 2.53. The molecule has 0 aromatic heterocycles. The minimum Gasteiger partial charge on any atom is -0.478 e. The second kappa shape index (κ2) is 9.79. The third kappa shape index (κ3) is 7.22. The van der Waals surface area contributed by atoms with Crippen molar-refractivity contribution in [3.63, 3.8) is 0 Å². The van der Waals surface area contributed by atoms with Crippen molar-refractivity contribution in [1.82, 2.24) is 0 Å². The van der Waals surface area contributed by atoms with Gasteiger partial charge < -0.3 is 10.2 Å². The zero-order chi connectivity index (χ0) is 17.9. The fourth-order valence-corrected chi connectivity index (χ4v) is 1.72. The van der Waals surface area contributed by atoms with Crippen LogP contribution >= 0.6 is 0 Å². The van der Waals surface area contributed by atoms with Crippen molar-refractivity contribution < 1.29 is 19.8 Å². The van der Waals surface area contributed by atoms with Crippen molar-refractivity contribution in [1.29, 1.82) is 0 Å². The molecule has 0 spiro atoms. The Labute approximate surface area is 141 Å². The van der Waals surface area contributed by atoms with Crippen molar-refractivity contribution in [3.8, 4) is 0 Å². The molecule has 0 saturated carbocycles. The average Bonchev–Trinajstić information content (AvgIpc) is 2.57. The predicted molar refractivity (Wildman–Crippen MR) is 95.5 cm³/mol. The van der Waals surface area contributed by atoms with Crippen LogP contribution in [0.5, 0.6) is 0 Å². The molecule has 0 bridgehead atoms. The highest BCUT2D eigenvalue weighted by Gasteiger charge is 1.98. The van der Waals surface area contributed by atoms with E-state index in [0.717, 1.165) is 11.1 Å². The van der Waals surface area contributed by atoms with E-state index in [4.69, 9.17) is 10.2 Å². The van der Waals surface area contributed by atoms with Crippen molar-refractivity contribution in [2.24, 2.45) is 0 Å². The van der Waals surface area contributed by atoms with Gasteiger partial charge in [-0.25, -0.2) is 9.59 Å². The highest BCUT2D eigenvalue weighted by atomic mass is 16.4. The van der Waals surface area contributed by atoms with Crippen LogP contribution in [0, 0.1) is 0 Å². The van der Waals surface area contributed by atoms with Gasteiger partial charge in [-0.05, 0) is 37.1 Å². The van der Waals surface area contributed by atoms with E-state index in [9.17, 15) is 9.59 Å². The molecule has 0 aliphatic rings. The smallest absolute Gasteiger partial charge is 0.331 e. The quantitative estimate of drug-likeness (QED) is 0.820. The number of benzene rings is 2. The van der Waals surface area contributed by atoms with Gasteiger partial charge in [0.15, 0.2) is 0 Å². The van der Waals surface area contributed by atoms with Crippen LogP contribution < -0.4 is 0 Å². The van der Waals surface area contributed by atoms with Gasteiger partial charge in [0, 0.05) is 11.1 Å². The van der Waals surface area contributed by atoms with E-state index in [0.29, 0.717) is 11.1 Å². The minimum absolute atomic E-state index is 0.348. The van der Waals surface area contributed by atoms with Gasteiger partial charge in [0.2, 0.25) is 0 Å². The van der Waals surface area contributed by atoms with E-state index in [1.807, 2.05) is 60.7 Å². The fourth-order valence-electron chi connectivity index (χ4n) is 1.72. The molecule has 24 heavy (non-hydrogen) atoms. The summed E-state index contributed by atoms with van der Waals surface area (Å²) in [6.45, 7) is 3.16. The van der Waals surface area contributed by atoms with Gasteiger partial charge in [0.1, 0.15) is 0 Å². The first-order valence-corrected chi connectivity index (χ1v) is 7.33. The molecule has 0 unspecified atom stereocenters. The number of hydrogen-bond acceptors (Lipinski definition) is 2. The third-order valence-electron chi connectivity index (χ3n) is 3.04. The molecule has 2 aromatic rings. The van der Waals surface area contributed by atoms with E-state index < -0.39 is 11.9 Å². The van der Waals surface area contributed by atoms with E-state index in [2.05, 4.69) is 0 Å². The maximum Gasteiger partial charge on any atom is 0.331 e. The van der Waals surface area contributed by atoms with Gasteiger partial charge in [-0.15, -0.1) is 0 Å². The summed E-state index contributed by atoms with van der Waals surface area (Å²) in [7, 11) is 0. The van der Waals surface area contributed by atoms with Crippen LogP contribution in [0.1, 0.15) is 25.0 Å². The van der Waals surface area contributed by atoms with Crippen LogP contribution in [-0.2, 0) is 9.59 Å². The van der Waals surface area contributed by atoms with E-state index in [1.54, 1.807) is 26.0 Å². The molecule has 4 heteroatoms. The van der Waals surface area contributed by atoms with Crippen LogP contribution in [0.25, 0.3) is 12.2 Å². The Kier molecular flexibility index (Phi) is 7.71. The molecule has 0 aliphatic heterocycles. The second-order valence-electron chi connectivity index (χ2n) is 5.09. The average molecular weight is 324 g/mol. The van der Waals surface area contributed by atoms with Crippen molar-refractivity contribution in [3.05, 3.63) is 82.9 Å². The molecule has 4 nitrogen and oxygen atoms in total. The molecule has 2 N–H and O–H groups in total. The lowest BCUT2D eigenvalue weighted by Crippen LogP contribution is -1.95. The Hall–Kier alpha value is -3.14. The standard InChI is InChI=1S/2C10H10O2/c2*1-8(10(11)12)7-9-5-3-2-4-6-9/h2*2-7H,1H3,(H,11,12). The summed E-state index contributed by atoms with van der Waals surface area (Å²) in [5.74, 6) is -1.75. The summed E-state index contributed by atoms with van der Waals surface area (Å²) >= 11 is 0. The zero-order valence-corrected chi connectivity index (χ0v) is 13.6. The molecule has 2 rings (SSSR count). The summed E-state index contributed by atoms with van der Waals surface area (Å²) < 4.78 is 0. The van der Waals surface area contributed by atoms with Crippen molar-refractivity contribution >= 4 is 24.1 Å². The van der Waals surface area contributed by atoms with E-state index in [-0.39, 0.29) is 0 Å². The summed E-state index contributed by atoms with van der Waals surface area (Å²) in [4.78, 5) is 20.9. The van der Waals surface area contributed by atoms with Gasteiger partial charge in [0.25, 0.3) is 0 Å². The van der Waals surface area contributed by atoms with Gasteiger partial charge >= 0.3 is 11.9 Å². The Morgan fingerprint density at radius 3 is 1.21 bits per heavy atom. The Balaban J connectivity index is 0.000000240. The third-order valence-corrected chi connectivity index (χ3v) is 3.04. The highest BCUT2D eigenvalue weighted by Crippen LogP contribution is 2.06. The SMILES string of the molecule is CC(=Cc1ccccc1)C(=O)O.CC(=Cc1ccccc1)C(=O)O. The van der Waals surface area contributed by atoms with Crippen LogP contribution in [0.4, 0.5) is 0 Å². The number of rotatable bonds is 4. The van der Waals surface area contributed by atoms with Crippen LogP contribution in [-0.4, -0.2) is 22.2 Å². The lowest BCUT2D eigenvalue weighted by atomic mass is 10.1. The molecule has 0 radical (unpaired) electrons. The second-order valence-corrected chi connectivity index (χ2v) is 5.09. The molecular weight excluding hydrogens is 304 g/mol. The van der Waals surface area contributed by atoms with Gasteiger partial charge in [-0.2, -0.15) is 0 Å². The maximum atomic E-state index is 10.4. The molecule has 0 heterocycles. The van der Waals surface area contributed by atoms with Gasteiger partial charge in [-0.3, -0.25) is 0 Å². The fraction of sp³-hybridized carbons (Fsp3) is 0.100. The van der Waals surface area contributed by atoms with Crippen LogP contribution in [0.2, 0.25) is 0 Å². The molecule has 124 valence electrons. The topological polar surface area (TPSA) is 74.6 Å². The van der Waals surface area contributed by atoms with Crippen molar-refractivity contribution in [2.45, 2.75) is 13.8 Å². The molecule has 0 saturated heterocycles. The number of carbonyl (C=O) groups is 2. The summed E-state index contributed by atoms with van der Waals surface area (Å²) in [5, 5.41) is 17.2.